The van der Waals surface area contributed by atoms with E-state index in [1.165, 1.54) is 58.7 Å². The van der Waals surface area contributed by atoms with E-state index in [4.69, 9.17) is 4.98 Å². The number of rotatable bonds is 6. The molecule has 3 heterocycles. The zero-order valence-electron chi connectivity index (χ0n) is 30.5. The monoisotopic (exact) mass is 887 g/mol. The van der Waals surface area contributed by atoms with Gasteiger partial charge in [0.25, 0.3) is 0 Å². The summed E-state index contributed by atoms with van der Waals surface area (Å²) in [6.45, 7) is 13.8. The number of pyridine rings is 2. The van der Waals surface area contributed by atoms with Gasteiger partial charge < -0.3 is 9.97 Å². The first kappa shape index (κ1) is 37.2. The molecule has 0 amide bonds. The fourth-order valence-electron chi connectivity index (χ4n) is 6.63. The van der Waals surface area contributed by atoms with Crippen LogP contribution in [0.1, 0.15) is 30.9 Å². The van der Waals surface area contributed by atoms with E-state index in [1.54, 1.807) is 0 Å². The molecule has 2 nitrogen and oxygen atoms in total. The molecular formula is C47H42IrN2SSi-2. The van der Waals surface area contributed by atoms with Crippen LogP contribution < -0.4 is 5.19 Å². The molecule has 52 heavy (non-hydrogen) atoms. The van der Waals surface area contributed by atoms with Gasteiger partial charge in [-0.1, -0.05) is 129 Å². The Morgan fingerprint density at radius 2 is 1.33 bits per heavy atom. The molecule has 0 aliphatic rings. The molecule has 3 aromatic heterocycles. The van der Waals surface area contributed by atoms with Crippen LogP contribution in [0.5, 0.6) is 0 Å². The maximum Gasteiger partial charge on any atom is 0.0799 e. The summed E-state index contributed by atoms with van der Waals surface area (Å²) in [4.78, 5) is 9.51. The SMILES string of the molecule is CC(C)c1cc(-c2[c-]cccc2)ncc1[Si](C)(C)C.Cc1cc(-c2[c-]ccc3c2sc2cc(-c4ccccc4)ccc23)ncc1-c1ccccc1.[Ir]. The zero-order chi connectivity index (χ0) is 35.5. The van der Waals surface area contributed by atoms with E-state index in [0.29, 0.717) is 5.92 Å². The van der Waals surface area contributed by atoms with Crippen molar-refractivity contribution in [3.05, 3.63) is 163 Å². The second-order valence-corrected chi connectivity index (χ2v) is 20.5. The van der Waals surface area contributed by atoms with Gasteiger partial charge in [-0.25, -0.2) is 0 Å². The summed E-state index contributed by atoms with van der Waals surface area (Å²) < 4.78 is 2.53. The quantitative estimate of drug-likeness (QED) is 0.123. The molecule has 1 radical (unpaired) electrons. The molecule has 0 aliphatic heterocycles. The smallest absolute Gasteiger partial charge is 0.0799 e. The van der Waals surface area contributed by atoms with Crippen LogP contribution in [0.3, 0.4) is 0 Å². The Hall–Kier alpha value is -4.51. The van der Waals surface area contributed by atoms with Gasteiger partial charge >= 0.3 is 0 Å². The predicted molar refractivity (Wildman–Crippen MR) is 223 cm³/mol. The van der Waals surface area contributed by atoms with E-state index in [2.05, 4.69) is 161 Å². The van der Waals surface area contributed by atoms with E-state index in [0.717, 1.165) is 22.5 Å². The van der Waals surface area contributed by atoms with Crippen LogP contribution >= 0.6 is 11.3 Å². The Labute approximate surface area is 327 Å². The molecule has 0 bridgehead atoms. The minimum Gasteiger partial charge on any atom is -0.305 e. The van der Waals surface area contributed by atoms with Crippen LogP contribution in [0.15, 0.2) is 140 Å². The Balaban J connectivity index is 0.000000200. The molecule has 0 unspecified atom stereocenters. The fraction of sp³-hybridized carbons (Fsp3) is 0.149. The van der Waals surface area contributed by atoms with Crippen LogP contribution in [-0.4, -0.2) is 18.0 Å². The number of aryl methyl sites for hydroxylation is 1. The Bertz CT molecular complexity index is 2430. The molecule has 5 heteroatoms. The van der Waals surface area contributed by atoms with Gasteiger partial charge in [-0.2, -0.15) is 11.3 Å². The van der Waals surface area contributed by atoms with Crippen LogP contribution in [0, 0.1) is 19.1 Å². The molecule has 5 aromatic carbocycles. The number of fused-ring (bicyclic) bond motifs is 3. The van der Waals surface area contributed by atoms with Crippen molar-refractivity contribution in [2.45, 2.75) is 46.3 Å². The van der Waals surface area contributed by atoms with Crippen LogP contribution in [0.2, 0.25) is 19.6 Å². The third kappa shape index (κ3) is 7.94. The van der Waals surface area contributed by atoms with Crippen molar-refractivity contribution in [3.63, 3.8) is 0 Å². The van der Waals surface area contributed by atoms with Crippen molar-refractivity contribution in [1.29, 1.82) is 0 Å². The summed E-state index contributed by atoms with van der Waals surface area (Å²) in [6, 6.07) is 51.2. The van der Waals surface area contributed by atoms with Crippen molar-refractivity contribution >= 4 is 44.8 Å². The average Bonchev–Trinajstić information content (AvgIpc) is 3.54. The van der Waals surface area contributed by atoms with Gasteiger partial charge in [0, 0.05) is 42.8 Å². The molecule has 0 fully saturated rings. The predicted octanol–water partition coefficient (Wildman–Crippen LogP) is 12.8. The summed E-state index contributed by atoms with van der Waals surface area (Å²) in [5, 5.41) is 4.03. The maximum absolute atomic E-state index is 4.85. The molecule has 261 valence electrons. The van der Waals surface area contributed by atoms with Gasteiger partial charge in [-0.15, -0.1) is 59.7 Å². The number of benzene rings is 5. The molecule has 0 saturated heterocycles. The topological polar surface area (TPSA) is 25.8 Å². The third-order valence-electron chi connectivity index (χ3n) is 9.34. The molecule has 0 spiro atoms. The average molecular weight is 887 g/mol. The van der Waals surface area contributed by atoms with Gasteiger partial charge in [0.05, 0.1) is 8.07 Å². The van der Waals surface area contributed by atoms with Crippen molar-refractivity contribution in [2.75, 3.05) is 0 Å². The first-order chi connectivity index (χ1) is 24.7. The molecular weight excluding hydrogens is 845 g/mol. The van der Waals surface area contributed by atoms with Crippen molar-refractivity contribution in [2.24, 2.45) is 0 Å². The van der Waals surface area contributed by atoms with E-state index in [1.807, 2.05) is 47.9 Å². The van der Waals surface area contributed by atoms with Crippen molar-refractivity contribution in [3.8, 4) is 44.8 Å². The van der Waals surface area contributed by atoms with Crippen LogP contribution in [-0.2, 0) is 20.1 Å². The Morgan fingerprint density at radius 3 is 1.98 bits per heavy atom. The minimum absolute atomic E-state index is 0. The van der Waals surface area contributed by atoms with Crippen molar-refractivity contribution < 1.29 is 20.1 Å². The molecule has 0 aliphatic carbocycles. The van der Waals surface area contributed by atoms with Gasteiger partial charge in [0.1, 0.15) is 0 Å². The summed E-state index contributed by atoms with van der Waals surface area (Å²) in [6.07, 6.45) is 4.09. The number of nitrogens with zero attached hydrogens (tertiary/aromatic N) is 2. The van der Waals surface area contributed by atoms with Gasteiger partial charge in [0.2, 0.25) is 0 Å². The van der Waals surface area contributed by atoms with E-state index in [9.17, 15) is 0 Å². The van der Waals surface area contributed by atoms with Crippen molar-refractivity contribution in [1.82, 2.24) is 9.97 Å². The fourth-order valence-corrected chi connectivity index (χ4v) is 9.56. The largest absolute Gasteiger partial charge is 0.305 e. The normalized spacial score (nSPS) is 11.3. The first-order valence-corrected chi connectivity index (χ1v) is 21.9. The van der Waals surface area contributed by atoms with Crippen LogP contribution in [0.4, 0.5) is 0 Å². The van der Waals surface area contributed by atoms with Gasteiger partial charge in [-0.3, -0.25) is 0 Å². The summed E-state index contributed by atoms with van der Waals surface area (Å²) in [5.74, 6) is 0.534. The number of aromatic nitrogens is 2. The minimum atomic E-state index is -1.34. The Kier molecular flexibility index (Phi) is 11.5. The van der Waals surface area contributed by atoms with Gasteiger partial charge in [0.15, 0.2) is 0 Å². The zero-order valence-corrected chi connectivity index (χ0v) is 34.7. The second-order valence-electron chi connectivity index (χ2n) is 14.4. The summed E-state index contributed by atoms with van der Waals surface area (Å²) >= 11 is 1.83. The second kappa shape index (κ2) is 16.0. The summed E-state index contributed by atoms with van der Waals surface area (Å²) in [5.41, 5.74) is 11.7. The van der Waals surface area contributed by atoms with E-state index >= 15 is 0 Å². The maximum atomic E-state index is 4.85. The number of hydrogen-bond acceptors (Lipinski definition) is 3. The molecule has 8 rings (SSSR count). The molecule has 0 atom stereocenters. The number of hydrogen-bond donors (Lipinski definition) is 0. The molecule has 8 aromatic rings. The Morgan fingerprint density at radius 1 is 0.635 bits per heavy atom. The third-order valence-corrected chi connectivity index (χ3v) is 12.6. The first-order valence-electron chi connectivity index (χ1n) is 17.6. The molecule has 0 saturated carbocycles. The summed E-state index contributed by atoms with van der Waals surface area (Å²) in [7, 11) is -1.34. The standard InChI is InChI=1S/C30H20NS.C17H22NSi.Ir/c1-20-17-28(31-19-27(20)22-11-6-3-7-12-22)26-14-8-13-25-24-16-15-23(18-29(24)32-30(25)26)21-9-4-2-5-10-21;1-13(2)15-11-16(14-9-7-6-8-10-14)18-12-17(15)19(3,4)5;/h2-13,15-19H,1H3;6-9,11-13H,1-5H3;/q2*-1;. The molecule has 0 N–H and O–H groups in total. The van der Waals surface area contributed by atoms with Crippen LogP contribution in [0.25, 0.3) is 64.9 Å². The van der Waals surface area contributed by atoms with E-state index in [-0.39, 0.29) is 20.1 Å². The van der Waals surface area contributed by atoms with Gasteiger partial charge in [-0.05, 0) is 67.8 Å². The number of thiophene rings is 1. The van der Waals surface area contributed by atoms with E-state index < -0.39 is 8.07 Å².